The number of hydrogen-bond acceptors (Lipinski definition) is 6. The zero-order valence-electron chi connectivity index (χ0n) is 16.4. The molecule has 162 valence electrons. The third-order valence-corrected chi connectivity index (χ3v) is 6.85. The second kappa shape index (κ2) is 9.95. The lowest BCUT2D eigenvalue weighted by Gasteiger charge is -2.14. The topological polar surface area (TPSA) is 102 Å². The number of ketones is 1. The fraction of sp³-hybridized carbons (Fsp3) is 0.143. The smallest absolute Gasteiger partial charge is 0.262 e. The number of para-hydroxylation sites is 1. The van der Waals surface area contributed by atoms with Crippen LogP contribution in [0, 0.1) is 0 Å². The molecule has 7 nitrogen and oxygen atoms in total. The summed E-state index contributed by atoms with van der Waals surface area (Å²) < 4.78 is 33.2. The van der Waals surface area contributed by atoms with Crippen LogP contribution < -0.4 is 14.8 Å². The predicted octanol–water partition coefficient (Wildman–Crippen LogP) is 4.81. The maximum atomic E-state index is 12.8. The largest absolute Gasteiger partial charge is 0.495 e. The van der Waals surface area contributed by atoms with Crippen molar-refractivity contribution in [1.82, 2.24) is 0 Å². The van der Waals surface area contributed by atoms with E-state index in [-0.39, 0.29) is 45.7 Å². The second-order valence-corrected chi connectivity index (χ2v) is 9.43. The van der Waals surface area contributed by atoms with Crippen LogP contribution in [-0.2, 0) is 14.8 Å². The van der Waals surface area contributed by atoms with Gasteiger partial charge in [-0.3, -0.25) is 14.3 Å². The molecule has 0 fully saturated rings. The number of sulfonamides is 1. The van der Waals surface area contributed by atoms with Crippen molar-refractivity contribution in [2.24, 2.45) is 0 Å². The summed E-state index contributed by atoms with van der Waals surface area (Å²) in [6.07, 6.45) is -0.00451. The van der Waals surface area contributed by atoms with Crippen LogP contribution in [0.25, 0.3) is 0 Å². The number of thiophene rings is 1. The molecule has 31 heavy (non-hydrogen) atoms. The fourth-order valence-corrected chi connectivity index (χ4v) is 4.74. The molecule has 3 rings (SSSR count). The molecule has 0 aliphatic carbocycles. The third-order valence-electron chi connectivity index (χ3n) is 4.25. The Morgan fingerprint density at radius 3 is 2.48 bits per heavy atom. The van der Waals surface area contributed by atoms with Crippen LogP contribution in [0.1, 0.15) is 22.5 Å². The molecule has 0 saturated heterocycles. The van der Waals surface area contributed by atoms with Crippen LogP contribution >= 0.6 is 22.9 Å². The Labute approximate surface area is 189 Å². The highest BCUT2D eigenvalue weighted by Crippen LogP contribution is 2.30. The van der Waals surface area contributed by atoms with Gasteiger partial charge in [-0.2, -0.15) is 0 Å². The summed E-state index contributed by atoms with van der Waals surface area (Å²) in [5, 5.41) is 4.66. The van der Waals surface area contributed by atoms with E-state index in [1.807, 2.05) is 0 Å². The number of nitrogens with one attached hydrogen (secondary N) is 2. The van der Waals surface area contributed by atoms with Crippen molar-refractivity contribution in [3.8, 4) is 5.75 Å². The van der Waals surface area contributed by atoms with E-state index in [0.717, 1.165) is 0 Å². The number of halogens is 1. The van der Waals surface area contributed by atoms with Gasteiger partial charge in [0.25, 0.3) is 10.0 Å². The van der Waals surface area contributed by atoms with E-state index in [1.54, 1.807) is 35.7 Å². The first-order valence-corrected chi connectivity index (χ1v) is 11.9. The van der Waals surface area contributed by atoms with Crippen LogP contribution in [0.4, 0.5) is 11.4 Å². The minimum Gasteiger partial charge on any atom is -0.495 e. The van der Waals surface area contributed by atoms with Crippen LogP contribution in [0.15, 0.2) is 64.9 Å². The lowest BCUT2D eigenvalue weighted by Crippen LogP contribution is -2.16. The van der Waals surface area contributed by atoms with Gasteiger partial charge in [0.2, 0.25) is 5.91 Å². The number of ether oxygens (including phenoxy) is 1. The lowest BCUT2D eigenvalue weighted by atomic mass is 10.2. The molecule has 1 heterocycles. The van der Waals surface area contributed by atoms with E-state index in [4.69, 9.17) is 16.3 Å². The predicted molar refractivity (Wildman–Crippen MR) is 122 cm³/mol. The number of benzene rings is 2. The van der Waals surface area contributed by atoms with Gasteiger partial charge < -0.3 is 10.1 Å². The molecule has 3 aromatic rings. The van der Waals surface area contributed by atoms with Gasteiger partial charge in [-0.05, 0) is 41.8 Å². The third kappa shape index (κ3) is 5.84. The van der Waals surface area contributed by atoms with Gasteiger partial charge in [0, 0.05) is 12.8 Å². The molecule has 0 bridgehead atoms. The molecule has 2 N–H and O–H groups in total. The van der Waals surface area contributed by atoms with Crippen LogP contribution in [-0.4, -0.2) is 27.2 Å². The van der Waals surface area contributed by atoms with Crippen LogP contribution in [0.5, 0.6) is 5.75 Å². The average Bonchev–Trinajstić information content (AvgIpc) is 3.28. The van der Waals surface area contributed by atoms with Gasteiger partial charge in [-0.25, -0.2) is 8.42 Å². The number of rotatable bonds is 9. The molecule has 0 aliphatic rings. The monoisotopic (exact) mass is 478 g/mol. The summed E-state index contributed by atoms with van der Waals surface area (Å²) in [7, 11) is -2.56. The Kier molecular flexibility index (Phi) is 7.32. The van der Waals surface area contributed by atoms with Gasteiger partial charge >= 0.3 is 0 Å². The number of Topliss-reactive ketones (excluding diaryl/α,β-unsaturated/α-hetero) is 1. The summed E-state index contributed by atoms with van der Waals surface area (Å²) in [5.74, 6) is -0.274. The molecule has 0 radical (unpaired) electrons. The van der Waals surface area contributed by atoms with Gasteiger partial charge in [-0.1, -0.05) is 29.8 Å². The standard InChI is InChI=1S/C21H19ClN2O5S2/c1-29-19-10-8-14(31(27,28)24-16-6-3-2-5-15(16)22)13-17(19)23-21(26)11-9-18(25)20-7-4-12-30-20/h2-8,10,12-13,24H,9,11H2,1H3,(H,23,26). The van der Waals surface area contributed by atoms with Crippen molar-refractivity contribution in [3.05, 3.63) is 69.9 Å². The molecule has 0 unspecified atom stereocenters. The van der Waals surface area contributed by atoms with E-state index < -0.39 is 15.9 Å². The number of amides is 1. The minimum absolute atomic E-state index is 0.0424. The summed E-state index contributed by atoms with van der Waals surface area (Å²) in [5.41, 5.74) is 0.413. The Morgan fingerprint density at radius 2 is 1.81 bits per heavy atom. The summed E-state index contributed by atoms with van der Waals surface area (Å²) in [4.78, 5) is 24.9. The van der Waals surface area contributed by atoms with E-state index >= 15 is 0 Å². The molecule has 10 heteroatoms. The number of anilines is 2. The van der Waals surface area contributed by atoms with Crippen molar-refractivity contribution in [3.63, 3.8) is 0 Å². The minimum atomic E-state index is -3.97. The first kappa shape index (κ1) is 22.8. The van der Waals surface area contributed by atoms with Crippen LogP contribution in [0.2, 0.25) is 5.02 Å². The lowest BCUT2D eigenvalue weighted by molar-refractivity contribution is -0.116. The van der Waals surface area contributed by atoms with E-state index in [0.29, 0.717) is 4.88 Å². The zero-order chi connectivity index (χ0) is 22.4. The van der Waals surface area contributed by atoms with Gasteiger partial charge in [0.1, 0.15) is 5.75 Å². The Balaban J connectivity index is 1.74. The van der Waals surface area contributed by atoms with Gasteiger partial charge in [-0.15, -0.1) is 11.3 Å². The normalized spacial score (nSPS) is 11.0. The molecule has 0 atom stereocenters. The maximum absolute atomic E-state index is 12.8. The molecular weight excluding hydrogens is 460 g/mol. The Bertz CT molecular complexity index is 1190. The van der Waals surface area contributed by atoms with E-state index in [1.165, 1.54) is 42.7 Å². The first-order valence-electron chi connectivity index (χ1n) is 9.12. The highest BCUT2D eigenvalue weighted by atomic mass is 35.5. The SMILES string of the molecule is COc1ccc(S(=O)(=O)Nc2ccccc2Cl)cc1NC(=O)CCC(=O)c1cccs1. The van der Waals surface area contributed by atoms with Gasteiger partial charge in [0.05, 0.1) is 33.3 Å². The molecular formula is C21H19ClN2O5S2. The summed E-state index contributed by atoms with van der Waals surface area (Å²) >= 11 is 7.35. The number of hydrogen-bond donors (Lipinski definition) is 2. The number of carbonyl (C=O) groups is 2. The number of methoxy groups -OCH3 is 1. The summed E-state index contributed by atoms with van der Waals surface area (Å²) in [6.45, 7) is 0. The van der Waals surface area contributed by atoms with Crippen molar-refractivity contribution in [2.75, 3.05) is 17.1 Å². The fourth-order valence-electron chi connectivity index (χ4n) is 2.70. The highest BCUT2D eigenvalue weighted by Gasteiger charge is 2.19. The Hall–Kier alpha value is -2.88. The van der Waals surface area contributed by atoms with Crippen molar-refractivity contribution >= 4 is 56.0 Å². The van der Waals surface area contributed by atoms with Crippen molar-refractivity contribution < 1.29 is 22.7 Å². The molecule has 0 spiro atoms. The average molecular weight is 479 g/mol. The Morgan fingerprint density at radius 1 is 1.03 bits per heavy atom. The molecule has 1 aromatic heterocycles. The van der Waals surface area contributed by atoms with E-state index in [9.17, 15) is 18.0 Å². The second-order valence-electron chi connectivity index (χ2n) is 6.40. The number of carbonyl (C=O) groups excluding carboxylic acids is 2. The van der Waals surface area contributed by atoms with Crippen molar-refractivity contribution in [1.29, 1.82) is 0 Å². The maximum Gasteiger partial charge on any atom is 0.262 e. The van der Waals surface area contributed by atoms with Gasteiger partial charge in [0.15, 0.2) is 5.78 Å². The molecule has 1 amide bonds. The van der Waals surface area contributed by atoms with E-state index in [2.05, 4.69) is 10.0 Å². The van der Waals surface area contributed by atoms with Crippen molar-refractivity contribution in [2.45, 2.75) is 17.7 Å². The highest BCUT2D eigenvalue weighted by molar-refractivity contribution is 7.92. The van der Waals surface area contributed by atoms with Crippen LogP contribution in [0.3, 0.4) is 0 Å². The zero-order valence-corrected chi connectivity index (χ0v) is 18.8. The summed E-state index contributed by atoms with van der Waals surface area (Å²) in [6, 6.07) is 14.0. The first-order chi connectivity index (χ1) is 14.8. The molecule has 0 saturated carbocycles. The quantitative estimate of drug-likeness (QED) is 0.429. The molecule has 0 aliphatic heterocycles. The molecule has 2 aromatic carbocycles.